The number of hydrogen-bond donors (Lipinski definition) is 0. The van der Waals surface area contributed by atoms with Gasteiger partial charge in [-0.15, -0.1) is 9.78 Å². The molecule has 0 unspecified atom stereocenters. The second-order valence-corrected chi connectivity index (χ2v) is 7.42. The van der Waals surface area contributed by atoms with Crippen LogP contribution in [0.4, 0.5) is 0 Å². The molecular formula is C22H18ClN6O2+. The monoisotopic (exact) mass is 433 g/mol. The van der Waals surface area contributed by atoms with E-state index in [1.54, 1.807) is 35.0 Å². The fourth-order valence-electron chi connectivity index (χ4n) is 3.49. The quantitative estimate of drug-likeness (QED) is 0.399. The number of H-pyrrole nitrogens is 1. The Labute approximate surface area is 181 Å². The lowest BCUT2D eigenvalue weighted by atomic mass is 10.2. The number of benzene rings is 2. The van der Waals surface area contributed by atoms with Crippen molar-refractivity contribution in [3.05, 3.63) is 75.8 Å². The van der Waals surface area contributed by atoms with Gasteiger partial charge in [0.2, 0.25) is 5.65 Å². The average molecular weight is 434 g/mol. The molecule has 31 heavy (non-hydrogen) atoms. The molecule has 9 heteroatoms. The van der Waals surface area contributed by atoms with E-state index in [9.17, 15) is 4.79 Å². The van der Waals surface area contributed by atoms with Crippen LogP contribution in [0.25, 0.3) is 33.2 Å². The maximum atomic E-state index is 13.3. The summed E-state index contributed by atoms with van der Waals surface area (Å²) in [6, 6.07) is 14.9. The average Bonchev–Trinajstić information content (AvgIpc) is 3.09. The lowest BCUT2D eigenvalue weighted by molar-refractivity contribution is -0.357. The molecule has 0 saturated carbocycles. The second kappa shape index (κ2) is 7.90. The van der Waals surface area contributed by atoms with E-state index in [0.717, 1.165) is 11.1 Å². The standard InChI is InChI=1S/C22H17ClN6O2/c1-31-10-9-28-13-24-20-18(22(28)30)19-21(27-17-8-3-2-7-16(17)26-19)29(20)25-12-14-5-4-6-15(23)11-14/h2-8,11-13H,9-10H2,1H3/p+1. The van der Waals surface area contributed by atoms with Crippen LogP contribution in [-0.4, -0.2) is 39.1 Å². The minimum Gasteiger partial charge on any atom is -0.381 e. The molecule has 1 N–H and O–H groups in total. The Morgan fingerprint density at radius 3 is 2.74 bits per heavy atom. The Balaban J connectivity index is 1.80. The van der Waals surface area contributed by atoms with E-state index in [1.165, 1.54) is 0 Å². The van der Waals surface area contributed by atoms with Crippen LogP contribution >= 0.6 is 11.6 Å². The normalized spacial score (nSPS) is 11.9. The molecule has 154 valence electrons. The lowest BCUT2D eigenvalue weighted by Crippen LogP contribution is -2.28. The molecule has 5 rings (SSSR count). The third-order valence-corrected chi connectivity index (χ3v) is 5.21. The molecule has 0 aliphatic carbocycles. The van der Waals surface area contributed by atoms with Crippen LogP contribution in [0, 0.1) is 0 Å². The molecule has 3 heterocycles. The van der Waals surface area contributed by atoms with Gasteiger partial charge >= 0.3 is 5.56 Å². The molecule has 0 radical (unpaired) electrons. The molecule has 0 aliphatic rings. The van der Waals surface area contributed by atoms with Gasteiger partial charge < -0.3 is 4.74 Å². The smallest absolute Gasteiger partial charge is 0.322 e. The second-order valence-electron chi connectivity index (χ2n) is 6.98. The topological polar surface area (TPSA) is 88.4 Å². The van der Waals surface area contributed by atoms with E-state index >= 15 is 0 Å². The van der Waals surface area contributed by atoms with Crippen LogP contribution in [0.1, 0.15) is 5.56 Å². The highest BCUT2D eigenvalue weighted by atomic mass is 35.5. The third-order valence-electron chi connectivity index (χ3n) is 4.98. The number of hydrogen-bond acceptors (Lipinski definition) is 5. The minimum absolute atomic E-state index is 0.183. The Morgan fingerprint density at radius 2 is 1.97 bits per heavy atom. The first-order valence-electron chi connectivity index (χ1n) is 9.66. The Bertz CT molecular complexity index is 1520. The molecule has 0 spiro atoms. The van der Waals surface area contributed by atoms with E-state index in [0.29, 0.717) is 45.9 Å². The summed E-state index contributed by atoms with van der Waals surface area (Å²) in [5.74, 6) is 0. The number of ether oxygens (including phenoxy) is 1. The number of aromatic amines is 1. The zero-order valence-corrected chi connectivity index (χ0v) is 17.4. The molecule has 0 amide bonds. The van der Waals surface area contributed by atoms with Crippen LogP contribution < -0.4 is 10.5 Å². The summed E-state index contributed by atoms with van der Waals surface area (Å²) in [5, 5.41) is 5.64. The summed E-state index contributed by atoms with van der Waals surface area (Å²) >= 11 is 6.09. The molecular weight excluding hydrogens is 416 g/mol. The number of halogens is 1. The van der Waals surface area contributed by atoms with Gasteiger partial charge in [-0.3, -0.25) is 0 Å². The summed E-state index contributed by atoms with van der Waals surface area (Å²) in [6.07, 6.45) is 3.29. The van der Waals surface area contributed by atoms with Gasteiger partial charge in [-0.2, -0.15) is 0 Å². The number of nitrogens with one attached hydrogen (secondary N) is 1. The third kappa shape index (κ3) is 3.45. The Hall–Kier alpha value is -3.62. The van der Waals surface area contributed by atoms with Gasteiger partial charge in [0.1, 0.15) is 5.52 Å². The van der Waals surface area contributed by atoms with Crippen molar-refractivity contribution in [2.24, 2.45) is 5.10 Å². The number of rotatable bonds is 5. The van der Waals surface area contributed by atoms with E-state index in [4.69, 9.17) is 26.3 Å². The molecule has 2 aromatic carbocycles. The van der Waals surface area contributed by atoms with Crippen molar-refractivity contribution >= 4 is 51.0 Å². The van der Waals surface area contributed by atoms with Crippen molar-refractivity contribution in [2.45, 2.75) is 6.54 Å². The van der Waals surface area contributed by atoms with Gasteiger partial charge in [0, 0.05) is 12.1 Å². The molecule has 0 aliphatic heterocycles. The van der Waals surface area contributed by atoms with Crippen LogP contribution in [0.15, 0.2) is 64.8 Å². The first kappa shape index (κ1) is 19.3. The SMILES string of the molecule is COCCn1c[nH+]c2c(c1=O)c1nc3ccccc3nc1n2N=Cc1cccc(Cl)c1. The van der Waals surface area contributed by atoms with Crippen LogP contribution in [0.3, 0.4) is 0 Å². The number of aromatic nitrogens is 5. The summed E-state index contributed by atoms with van der Waals surface area (Å²) < 4.78 is 8.29. The number of fused-ring (bicyclic) bond motifs is 4. The van der Waals surface area contributed by atoms with E-state index in [2.05, 4.69) is 10.1 Å². The van der Waals surface area contributed by atoms with Crippen molar-refractivity contribution in [3.63, 3.8) is 0 Å². The minimum atomic E-state index is -0.183. The van der Waals surface area contributed by atoms with Gasteiger partial charge in [-0.05, 0) is 29.8 Å². The summed E-state index contributed by atoms with van der Waals surface area (Å²) in [5.41, 5.74) is 3.56. The summed E-state index contributed by atoms with van der Waals surface area (Å²) in [7, 11) is 1.60. The van der Waals surface area contributed by atoms with Gasteiger partial charge in [0.15, 0.2) is 11.7 Å². The van der Waals surface area contributed by atoms with Crippen LogP contribution in [-0.2, 0) is 11.3 Å². The van der Waals surface area contributed by atoms with Crippen molar-refractivity contribution < 1.29 is 9.72 Å². The van der Waals surface area contributed by atoms with Gasteiger partial charge in [0.25, 0.3) is 5.65 Å². The zero-order valence-electron chi connectivity index (χ0n) is 16.6. The van der Waals surface area contributed by atoms with E-state index < -0.39 is 0 Å². The fourth-order valence-corrected chi connectivity index (χ4v) is 3.69. The molecule has 0 fully saturated rings. The van der Waals surface area contributed by atoms with Gasteiger partial charge in [-0.25, -0.2) is 24.3 Å². The highest BCUT2D eigenvalue weighted by molar-refractivity contribution is 6.30. The van der Waals surface area contributed by atoms with Crippen LogP contribution in [0.2, 0.25) is 5.02 Å². The lowest BCUT2D eigenvalue weighted by Gasteiger charge is -1.99. The van der Waals surface area contributed by atoms with Gasteiger partial charge in [0.05, 0.1) is 30.4 Å². The first-order chi connectivity index (χ1) is 15.2. The molecule has 0 saturated heterocycles. The van der Waals surface area contributed by atoms with Crippen molar-refractivity contribution in [3.8, 4) is 0 Å². The highest BCUT2D eigenvalue weighted by Crippen LogP contribution is 2.23. The molecule has 0 atom stereocenters. The summed E-state index contributed by atoms with van der Waals surface area (Å²) in [6.45, 7) is 0.834. The van der Waals surface area contributed by atoms with E-state index in [-0.39, 0.29) is 5.56 Å². The number of nitrogens with zero attached hydrogens (tertiary/aromatic N) is 5. The predicted octanol–water partition coefficient (Wildman–Crippen LogP) is 2.90. The maximum absolute atomic E-state index is 13.3. The molecule has 3 aromatic heterocycles. The maximum Gasteiger partial charge on any atom is 0.322 e. The van der Waals surface area contributed by atoms with Crippen molar-refractivity contribution in [2.75, 3.05) is 13.7 Å². The summed E-state index contributed by atoms with van der Waals surface area (Å²) in [4.78, 5) is 25.9. The largest absolute Gasteiger partial charge is 0.381 e. The number of methoxy groups -OCH3 is 1. The number of para-hydroxylation sites is 2. The molecule has 8 nitrogen and oxygen atoms in total. The fraction of sp³-hybridized carbons (Fsp3) is 0.136. The molecule has 0 bridgehead atoms. The highest BCUT2D eigenvalue weighted by Gasteiger charge is 2.24. The first-order valence-corrected chi connectivity index (χ1v) is 10.0. The van der Waals surface area contributed by atoms with Crippen LogP contribution in [0.5, 0.6) is 0 Å². The van der Waals surface area contributed by atoms with Gasteiger partial charge in [-0.1, -0.05) is 35.9 Å². The van der Waals surface area contributed by atoms with Crippen molar-refractivity contribution in [1.29, 1.82) is 0 Å². The predicted molar refractivity (Wildman–Crippen MR) is 120 cm³/mol. The Kier molecular flexibility index (Phi) is 4.93. The zero-order chi connectivity index (χ0) is 21.4. The van der Waals surface area contributed by atoms with Crippen molar-refractivity contribution in [1.82, 2.24) is 19.2 Å². The Morgan fingerprint density at radius 1 is 1.16 bits per heavy atom. The molecule has 5 aromatic rings. The van der Waals surface area contributed by atoms with E-state index in [1.807, 2.05) is 42.5 Å².